The first-order valence-corrected chi connectivity index (χ1v) is 8.21. The number of nitrogens with zero attached hydrogens (tertiary/aromatic N) is 1. The van der Waals surface area contributed by atoms with Gasteiger partial charge >= 0.3 is 6.09 Å². The van der Waals surface area contributed by atoms with E-state index in [-0.39, 0.29) is 11.9 Å². The topological polar surface area (TPSA) is 50.8 Å². The van der Waals surface area contributed by atoms with Crippen LogP contribution in [0.4, 0.5) is 14.9 Å². The van der Waals surface area contributed by atoms with Crippen molar-refractivity contribution < 1.29 is 18.7 Å². The molecule has 24 heavy (non-hydrogen) atoms. The molecule has 0 unspecified atom stereocenters. The molecule has 0 aliphatic carbocycles. The number of hydrogen-bond acceptors (Lipinski definition) is 4. The fraction of sp³-hybridized carbons (Fsp3) is 0.500. The molecule has 130 valence electrons. The Morgan fingerprint density at radius 2 is 2.17 bits per heavy atom. The van der Waals surface area contributed by atoms with Crippen molar-refractivity contribution in [3.05, 3.63) is 29.6 Å². The van der Waals surface area contributed by atoms with Crippen LogP contribution in [-0.4, -0.2) is 42.8 Å². The van der Waals surface area contributed by atoms with Crippen molar-refractivity contribution in [2.24, 2.45) is 0 Å². The van der Waals surface area contributed by atoms with E-state index >= 15 is 0 Å². The summed E-state index contributed by atoms with van der Waals surface area (Å²) in [6.45, 7) is 7.65. The van der Waals surface area contributed by atoms with Crippen molar-refractivity contribution in [2.45, 2.75) is 32.8 Å². The van der Waals surface area contributed by atoms with E-state index in [9.17, 15) is 9.18 Å². The molecule has 1 amide bonds. The lowest BCUT2D eigenvalue weighted by molar-refractivity contribution is 0.0270. The van der Waals surface area contributed by atoms with E-state index in [4.69, 9.17) is 9.47 Å². The third-order valence-corrected chi connectivity index (χ3v) is 3.95. The first-order valence-electron chi connectivity index (χ1n) is 8.21. The zero-order valence-electron chi connectivity index (χ0n) is 14.3. The zero-order chi connectivity index (χ0) is 17.3. The number of benzene rings is 1. The lowest BCUT2D eigenvalue weighted by Gasteiger charge is -2.30. The van der Waals surface area contributed by atoms with E-state index in [2.05, 4.69) is 5.32 Å². The Balaban J connectivity index is 1.80. The summed E-state index contributed by atoms with van der Waals surface area (Å²) in [5, 5.41) is 3.22. The van der Waals surface area contributed by atoms with Gasteiger partial charge in [-0.05, 0) is 44.9 Å². The quantitative estimate of drug-likeness (QED) is 0.852. The van der Waals surface area contributed by atoms with E-state index in [0.29, 0.717) is 44.0 Å². The number of hydrogen-bond donors (Lipinski definition) is 1. The number of amides is 1. The summed E-state index contributed by atoms with van der Waals surface area (Å²) in [5.74, 6) is 0.271. The highest BCUT2D eigenvalue weighted by Crippen LogP contribution is 2.39. The molecule has 0 bridgehead atoms. The van der Waals surface area contributed by atoms with Crippen LogP contribution >= 0.6 is 0 Å². The summed E-state index contributed by atoms with van der Waals surface area (Å²) in [6, 6.07) is 3.15. The second kappa shape index (κ2) is 6.34. The highest BCUT2D eigenvalue weighted by molar-refractivity contribution is 5.79. The van der Waals surface area contributed by atoms with Gasteiger partial charge in [0.2, 0.25) is 0 Å². The number of halogens is 1. The van der Waals surface area contributed by atoms with Crippen molar-refractivity contribution in [1.82, 2.24) is 4.90 Å². The Labute approximate surface area is 141 Å². The van der Waals surface area contributed by atoms with E-state index in [0.717, 1.165) is 11.3 Å². The molecule has 3 rings (SSSR count). The van der Waals surface area contributed by atoms with Gasteiger partial charge in [-0.1, -0.05) is 6.08 Å². The molecule has 0 spiro atoms. The molecule has 0 aromatic heterocycles. The Kier molecular flexibility index (Phi) is 4.39. The molecule has 0 saturated carbocycles. The van der Waals surface area contributed by atoms with Gasteiger partial charge in [-0.3, -0.25) is 0 Å². The van der Waals surface area contributed by atoms with Gasteiger partial charge in [0.25, 0.3) is 0 Å². The molecule has 1 N–H and O–H groups in total. The summed E-state index contributed by atoms with van der Waals surface area (Å²) in [4.78, 5) is 13.7. The van der Waals surface area contributed by atoms with Crippen LogP contribution in [0.2, 0.25) is 0 Å². The molecule has 0 atom stereocenters. The number of nitrogens with one attached hydrogen (secondary N) is 1. The van der Waals surface area contributed by atoms with Crippen LogP contribution in [0.3, 0.4) is 0 Å². The van der Waals surface area contributed by atoms with Crippen LogP contribution in [0.15, 0.2) is 18.2 Å². The van der Waals surface area contributed by atoms with Crippen LogP contribution in [0.5, 0.6) is 5.75 Å². The van der Waals surface area contributed by atoms with Gasteiger partial charge < -0.3 is 19.7 Å². The van der Waals surface area contributed by atoms with Gasteiger partial charge in [-0.2, -0.15) is 0 Å². The minimum absolute atomic E-state index is 0.297. The number of anilines is 1. The molecule has 1 aromatic carbocycles. The Morgan fingerprint density at radius 1 is 1.38 bits per heavy atom. The monoisotopic (exact) mass is 334 g/mol. The molecular weight excluding hydrogens is 311 g/mol. The fourth-order valence-electron chi connectivity index (χ4n) is 2.87. The van der Waals surface area contributed by atoms with Crippen LogP contribution in [0.1, 0.15) is 32.8 Å². The Bertz CT molecular complexity index is 680. The summed E-state index contributed by atoms with van der Waals surface area (Å²) in [7, 11) is 0. The summed E-state index contributed by atoms with van der Waals surface area (Å²) in [6.07, 6.45) is 2.10. The molecule has 0 saturated heterocycles. The average Bonchev–Trinajstić information content (AvgIpc) is 2.53. The maximum Gasteiger partial charge on any atom is 0.410 e. The Hall–Kier alpha value is -2.24. The molecule has 0 radical (unpaired) electrons. The first kappa shape index (κ1) is 16.6. The summed E-state index contributed by atoms with van der Waals surface area (Å²) >= 11 is 0. The SMILES string of the molecule is CC(C)(C)OC(=O)N1CC=C(c2c(F)ccc3c2OCCN3)CC1. The normalized spacial score (nSPS) is 17.3. The molecule has 6 heteroatoms. The van der Waals surface area contributed by atoms with Crippen LogP contribution in [0.25, 0.3) is 5.57 Å². The summed E-state index contributed by atoms with van der Waals surface area (Å²) < 4.78 is 25.4. The highest BCUT2D eigenvalue weighted by Gasteiger charge is 2.27. The number of carbonyl (C=O) groups excluding carboxylic acids is 1. The molecule has 2 aliphatic heterocycles. The van der Waals surface area contributed by atoms with Crippen LogP contribution in [-0.2, 0) is 4.74 Å². The predicted octanol–water partition coefficient (Wildman–Crippen LogP) is 3.65. The van der Waals surface area contributed by atoms with Crippen molar-refractivity contribution in [2.75, 3.05) is 31.6 Å². The molecular formula is C18H23FN2O3. The van der Waals surface area contributed by atoms with Gasteiger partial charge in [0.05, 0.1) is 11.3 Å². The van der Waals surface area contributed by atoms with Crippen molar-refractivity contribution in [3.8, 4) is 5.75 Å². The van der Waals surface area contributed by atoms with Crippen molar-refractivity contribution >= 4 is 17.4 Å². The van der Waals surface area contributed by atoms with Gasteiger partial charge in [0.15, 0.2) is 5.75 Å². The van der Waals surface area contributed by atoms with Crippen LogP contribution < -0.4 is 10.1 Å². The molecule has 0 fully saturated rings. The van der Waals surface area contributed by atoms with Gasteiger partial charge in [0.1, 0.15) is 18.0 Å². The van der Waals surface area contributed by atoms with Gasteiger partial charge in [-0.15, -0.1) is 0 Å². The molecule has 2 aliphatic rings. The van der Waals surface area contributed by atoms with Gasteiger partial charge in [0, 0.05) is 19.6 Å². The largest absolute Gasteiger partial charge is 0.489 e. The number of carbonyl (C=O) groups is 1. The Morgan fingerprint density at radius 3 is 2.83 bits per heavy atom. The summed E-state index contributed by atoms with van der Waals surface area (Å²) in [5.41, 5.74) is 1.66. The van der Waals surface area contributed by atoms with E-state index in [1.807, 2.05) is 26.8 Å². The second-order valence-corrected chi connectivity index (χ2v) is 6.98. The highest BCUT2D eigenvalue weighted by atomic mass is 19.1. The minimum atomic E-state index is -0.523. The van der Waals surface area contributed by atoms with Crippen molar-refractivity contribution in [1.29, 1.82) is 0 Å². The maximum absolute atomic E-state index is 14.4. The second-order valence-electron chi connectivity index (χ2n) is 6.98. The molecule has 5 nitrogen and oxygen atoms in total. The van der Waals surface area contributed by atoms with Crippen molar-refractivity contribution in [3.63, 3.8) is 0 Å². The lowest BCUT2D eigenvalue weighted by Crippen LogP contribution is -2.39. The number of ether oxygens (including phenoxy) is 2. The molecule has 1 aromatic rings. The fourth-order valence-corrected chi connectivity index (χ4v) is 2.87. The smallest absolute Gasteiger partial charge is 0.410 e. The lowest BCUT2D eigenvalue weighted by atomic mass is 9.97. The number of rotatable bonds is 1. The van der Waals surface area contributed by atoms with E-state index in [1.165, 1.54) is 6.07 Å². The van der Waals surface area contributed by atoms with Crippen LogP contribution in [0, 0.1) is 5.82 Å². The van der Waals surface area contributed by atoms with Gasteiger partial charge in [-0.25, -0.2) is 9.18 Å². The maximum atomic E-state index is 14.4. The number of fused-ring (bicyclic) bond motifs is 1. The molecule has 2 heterocycles. The average molecular weight is 334 g/mol. The predicted molar refractivity (Wildman–Crippen MR) is 90.8 cm³/mol. The first-order chi connectivity index (χ1) is 11.3. The van der Waals surface area contributed by atoms with E-state index < -0.39 is 5.60 Å². The third kappa shape index (κ3) is 3.47. The minimum Gasteiger partial charge on any atom is -0.489 e. The standard InChI is InChI=1S/C18H23FN2O3/c1-18(2,3)24-17(22)21-9-6-12(7-10-21)15-13(19)4-5-14-16(15)23-11-8-20-14/h4-6,20H,7-11H2,1-3H3. The zero-order valence-corrected chi connectivity index (χ0v) is 14.3. The van der Waals surface area contributed by atoms with E-state index in [1.54, 1.807) is 11.0 Å². The third-order valence-electron chi connectivity index (χ3n) is 3.95.